The highest BCUT2D eigenvalue weighted by Gasteiger charge is 2.55. The third kappa shape index (κ3) is 2.19. The molecule has 2 aromatic heterocycles. The fourth-order valence-corrected chi connectivity index (χ4v) is 3.44. The molecule has 124 valence electrons. The van der Waals surface area contributed by atoms with Crippen LogP contribution in [0, 0.1) is 6.92 Å². The molecule has 1 aliphatic heterocycles. The van der Waals surface area contributed by atoms with E-state index in [0.29, 0.717) is 29.3 Å². The Hall–Kier alpha value is -1.84. The predicted octanol–water partition coefficient (Wildman–Crippen LogP) is 0.364. The molecule has 1 N–H and O–H groups in total. The van der Waals surface area contributed by atoms with Gasteiger partial charge in [0.25, 0.3) is 0 Å². The Morgan fingerprint density at radius 2 is 2.00 bits per heavy atom. The van der Waals surface area contributed by atoms with E-state index in [1.165, 1.54) is 7.11 Å². The molecule has 2 aromatic rings. The van der Waals surface area contributed by atoms with Crippen LogP contribution in [0.15, 0.2) is 0 Å². The number of aliphatic hydroxyl groups excluding tert-OH is 1. The first kappa shape index (κ1) is 14.7. The highest BCUT2D eigenvalue weighted by molar-refractivity contribution is 5.75. The number of hydrogen-bond acceptors (Lipinski definition) is 8. The molecule has 0 bridgehead atoms. The van der Waals surface area contributed by atoms with Crippen molar-refractivity contribution >= 4 is 11.2 Å². The summed E-state index contributed by atoms with van der Waals surface area (Å²) in [6.07, 6.45) is -0.823. The van der Waals surface area contributed by atoms with Crippen molar-refractivity contribution in [2.75, 3.05) is 7.11 Å². The number of ether oxygens (including phenoxy) is 3. The van der Waals surface area contributed by atoms with Crippen LogP contribution in [0.25, 0.3) is 11.2 Å². The lowest BCUT2D eigenvalue weighted by atomic mass is 10.2. The fraction of sp³-hybridized carbons (Fsp3) is 0.714. The topological polar surface area (TPSA) is 104 Å². The quantitative estimate of drug-likeness (QED) is 0.845. The average Bonchev–Trinajstić information content (AvgIpc) is 3.11. The van der Waals surface area contributed by atoms with Gasteiger partial charge in [0, 0.05) is 6.42 Å². The summed E-state index contributed by atoms with van der Waals surface area (Å²) in [4.78, 5) is 8.64. The number of aromatic nitrogens is 5. The Bertz CT molecular complexity index is 761. The van der Waals surface area contributed by atoms with Crippen molar-refractivity contribution in [3.05, 3.63) is 5.82 Å². The van der Waals surface area contributed by atoms with Crippen LogP contribution < -0.4 is 4.74 Å². The summed E-state index contributed by atoms with van der Waals surface area (Å²) in [6.45, 7) is 5.46. The molecule has 1 saturated carbocycles. The maximum absolute atomic E-state index is 10.3. The highest BCUT2D eigenvalue weighted by atomic mass is 16.8. The Labute approximate surface area is 132 Å². The molecule has 4 rings (SSSR count). The SMILES string of the molecule is COc1nc(C)nc2c1nnn2[C@@H]1C[C@H](O)[C@H]2OC(C)(C)O[C@H]21. The van der Waals surface area contributed by atoms with E-state index in [-0.39, 0.29) is 18.2 Å². The van der Waals surface area contributed by atoms with Crippen LogP contribution in [-0.4, -0.2) is 61.3 Å². The van der Waals surface area contributed by atoms with E-state index in [0.717, 1.165) is 0 Å². The first-order valence-corrected chi connectivity index (χ1v) is 7.57. The Morgan fingerprint density at radius 3 is 2.74 bits per heavy atom. The summed E-state index contributed by atoms with van der Waals surface area (Å²) in [5.41, 5.74) is 1.06. The molecule has 0 amide bonds. The number of aryl methyl sites for hydroxylation is 1. The largest absolute Gasteiger partial charge is 0.479 e. The van der Waals surface area contributed by atoms with E-state index < -0.39 is 11.9 Å². The van der Waals surface area contributed by atoms with Gasteiger partial charge in [-0.05, 0) is 20.8 Å². The van der Waals surface area contributed by atoms with Gasteiger partial charge in [-0.15, -0.1) is 5.10 Å². The summed E-state index contributed by atoms with van der Waals surface area (Å²) in [5.74, 6) is 0.225. The summed E-state index contributed by atoms with van der Waals surface area (Å²) < 4.78 is 18.7. The van der Waals surface area contributed by atoms with Crippen molar-refractivity contribution in [3.63, 3.8) is 0 Å². The highest BCUT2D eigenvalue weighted by Crippen LogP contribution is 2.44. The average molecular weight is 321 g/mol. The van der Waals surface area contributed by atoms with Gasteiger partial charge in [-0.2, -0.15) is 4.98 Å². The van der Waals surface area contributed by atoms with Crippen LogP contribution in [0.4, 0.5) is 0 Å². The summed E-state index contributed by atoms with van der Waals surface area (Å²) in [5, 5.41) is 18.6. The summed E-state index contributed by atoms with van der Waals surface area (Å²) >= 11 is 0. The molecule has 0 aromatic carbocycles. The van der Waals surface area contributed by atoms with Crippen LogP contribution in [-0.2, 0) is 9.47 Å². The van der Waals surface area contributed by atoms with Gasteiger partial charge in [0.15, 0.2) is 17.0 Å². The third-order valence-corrected chi connectivity index (χ3v) is 4.32. The Morgan fingerprint density at radius 1 is 1.26 bits per heavy atom. The molecule has 0 spiro atoms. The maximum atomic E-state index is 10.3. The molecule has 2 fully saturated rings. The van der Waals surface area contributed by atoms with Crippen molar-refractivity contribution in [1.29, 1.82) is 0 Å². The van der Waals surface area contributed by atoms with Gasteiger partial charge in [0.2, 0.25) is 5.88 Å². The van der Waals surface area contributed by atoms with E-state index in [2.05, 4.69) is 20.3 Å². The van der Waals surface area contributed by atoms with E-state index in [1.54, 1.807) is 11.6 Å². The second kappa shape index (κ2) is 4.83. The van der Waals surface area contributed by atoms with Crippen LogP contribution in [0.5, 0.6) is 5.88 Å². The number of methoxy groups -OCH3 is 1. The van der Waals surface area contributed by atoms with E-state index >= 15 is 0 Å². The minimum absolute atomic E-state index is 0.208. The maximum Gasteiger partial charge on any atom is 0.247 e. The molecule has 1 aliphatic carbocycles. The Balaban J connectivity index is 1.79. The second-order valence-corrected chi connectivity index (χ2v) is 6.42. The molecule has 23 heavy (non-hydrogen) atoms. The van der Waals surface area contributed by atoms with Crippen molar-refractivity contribution in [2.24, 2.45) is 0 Å². The number of rotatable bonds is 2. The van der Waals surface area contributed by atoms with Gasteiger partial charge < -0.3 is 19.3 Å². The van der Waals surface area contributed by atoms with Gasteiger partial charge >= 0.3 is 0 Å². The fourth-order valence-electron chi connectivity index (χ4n) is 3.44. The molecule has 9 heteroatoms. The number of hydrogen-bond donors (Lipinski definition) is 1. The zero-order valence-corrected chi connectivity index (χ0v) is 13.4. The van der Waals surface area contributed by atoms with Crippen molar-refractivity contribution in [1.82, 2.24) is 25.0 Å². The summed E-state index contributed by atoms with van der Waals surface area (Å²) in [7, 11) is 1.53. The van der Waals surface area contributed by atoms with Gasteiger partial charge in [-0.25, -0.2) is 9.67 Å². The zero-order valence-electron chi connectivity index (χ0n) is 13.4. The van der Waals surface area contributed by atoms with E-state index in [1.807, 2.05) is 13.8 Å². The molecule has 0 unspecified atom stereocenters. The lowest BCUT2D eigenvalue weighted by Crippen LogP contribution is -2.29. The van der Waals surface area contributed by atoms with E-state index in [9.17, 15) is 5.11 Å². The van der Waals surface area contributed by atoms with Gasteiger partial charge in [-0.1, -0.05) is 5.21 Å². The normalized spacial score (nSPS) is 32.4. The molecule has 0 radical (unpaired) electrons. The molecular formula is C14H19N5O4. The molecular weight excluding hydrogens is 302 g/mol. The van der Waals surface area contributed by atoms with Crippen LogP contribution in [0.3, 0.4) is 0 Å². The molecule has 1 saturated heterocycles. The smallest absolute Gasteiger partial charge is 0.247 e. The van der Waals surface area contributed by atoms with Crippen molar-refractivity contribution < 1.29 is 19.3 Å². The molecule has 9 nitrogen and oxygen atoms in total. The number of fused-ring (bicyclic) bond motifs is 2. The van der Waals surface area contributed by atoms with Crippen molar-refractivity contribution in [2.45, 2.75) is 57.3 Å². The number of aliphatic hydroxyl groups is 1. The first-order chi connectivity index (χ1) is 10.9. The van der Waals surface area contributed by atoms with Crippen LogP contribution >= 0.6 is 0 Å². The van der Waals surface area contributed by atoms with Gasteiger partial charge in [0.05, 0.1) is 19.3 Å². The Kier molecular flexibility index (Phi) is 3.09. The minimum atomic E-state index is -0.728. The standard InChI is InChI=1S/C14H19N5O4/c1-6-15-12-9(13(16-6)21-4)17-18-19(12)7-5-8(20)11-10(7)22-14(2,3)23-11/h7-8,10-11,20H,5H2,1-4H3/t7-,8+,10+,11-/m1/s1. The van der Waals surface area contributed by atoms with Gasteiger partial charge in [-0.3, -0.25) is 0 Å². The summed E-state index contributed by atoms with van der Waals surface area (Å²) in [6, 6.07) is -0.208. The van der Waals surface area contributed by atoms with E-state index in [4.69, 9.17) is 14.2 Å². The minimum Gasteiger partial charge on any atom is -0.479 e. The zero-order chi connectivity index (χ0) is 16.4. The first-order valence-electron chi connectivity index (χ1n) is 7.57. The predicted molar refractivity (Wildman–Crippen MR) is 77.9 cm³/mol. The van der Waals surface area contributed by atoms with Crippen LogP contribution in [0.1, 0.15) is 32.1 Å². The lowest BCUT2D eigenvalue weighted by Gasteiger charge is -2.22. The monoisotopic (exact) mass is 321 g/mol. The lowest BCUT2D eigenvalue weighted by molar-refractivity contribution is -0.165. The van der Waals surface area contributed by atoms with Crippen molar-refractivity contribution in [3.8, 4) is 5.88 Å². The number of nitrogens with zero attached hydrogens (tertiary/aromatic N) is 5. The van der Waals surface area contributed by atoms with Crippen LogP contribution in [0.2, 0.25) is 0 Å². The molecule has 2 aliphatic rings. The molecule has 4 atom stereocenters. The molecule has 3 heterocycles. The second-order valence-electron chi connectivity index (χ2n) is 6.42. The van der Waals surface area contributed by atoms with Gasteiger partial charge in [0.1, 0.15) is 18.0 Å². The third-order valence-electron chi connectivity index (χ3n) is 4.32.